The summed E-state index contributed by atoms with van der Waals surface area (Å²) in [6.45, 7) is 6.53. The van der Waals surface area contributed by atoms with E-state index in [0.717, 1.165) is 38.5 Å². The Hall–Kier alpha value is -1.14. The van der Waals surface area contributed by atoms with Crippen LogP contribution in [0.2, 0.25) is 0 Å². The summed E-state index contributed by atoms with van der Waals surface area (Å²) < 4.78 is 5.97. The number of nitrogens with one attached hydrogen (secondary N) is 1. The first kappa shape index (κ1) is 61.9. The number of carbonyl (C=O) groups is 2. The summed E-state index contributed by atoms with van der Waals surface area (Å²) in [6.07, 6.45) is 57.4. The average Bonchev–Trinajstić information content (AvgIpc) is 3.28. The summed E-state index contributed by atoms with van der Waals surface area (Å²) in [5, 5.41) is 23.8. The van der Waals surface area contributed by atoms with Gasteiger partial charge in [-0.3, -0.25) is 9.59 Å². The first-order chi connectivity index (χ1) is 31.0. The van der Waals surface area contributed by atoms with Gasteiger partial charge >= 0.3 is 5.97 Å². The molecule has 0 saturated carbocycles. The van der Waals surface area contributed by atoms with Crippen LogP contribution in [-0.4, -0.2) is 46.9 Å². The monoisotopic (exact) mass is 892 g/mol. The van der Waals surface area contributed by atoms with Crippen molar-refractivity contribution in [3.05, 3.63) is 0 Å². The third-order valence-electron chi connectivity index (χ3n) is 13.7. The molecule has 0 heterocycles. The van der Waals surface area contributed by atoms with E-state index in [-0.39, 0.29) is 24.9 Å². The van der Waals surface area contributed by atoms with Gasteiger partial charge in [-0.05, 0) is 25.7 Å². The number of hydrogen-bond acceptors (Lipinski definition) is 5. The van der Waals surface area contributed by atoms with Gasteiger partial charge in [-0.2, -0.15) is 0 Å². The van der Waals surface area contributed by atoms with Crippen LogP contribution < -0.4 is 5.32 Å². The Morgan fingerprint density at radius 1 is 0.397 bits per heavy atom. The van der Waals surface area contributed by atoms with E-state index in [1.807, 2.05) is 0 Å². The Labute approximate surface area is 394 Å². The van der Waals surface area contributed by atoms with Crippen LogP contribution in [0.1, 0.15) is 329 Å². The highest BCUT2D eigenvalue weighted by atomic mass is 16.5. The molecule has 0 spiro atoms. The third-order valence-corrected chi connectivity index (χ3v) is 13.7. The van der Waals surface area contributed by atoms with Crippen molar-refractivity contribution in [3.8, 4) is 0 Å². The number of carbonyl (C=O) groups excluding carboxylic acids is 2. The standard InChI is InChI=1S/C57H113NO5/c1-4-7-10-13-16-19-22-24-26-28-29-31-34-36-39-42-45-48-53(63-57(62)50-47-44-41-38-35-32-30-27-25-23-20-17-14-11-8-5-2)51-56(61)58-54(52-59)55(60)49-46-43-40-37-33-21-18-15-12-9-6-3/h53-55,59-60H,4-52H2,1-3H3,(H,58,61). The van der Waals surface area contributed by atoms with Crippen LogP contribution in [0.15, 0.2) is 0 Å². The molecule has 376 valence electrons. The lowest BCUT2D eigenvalue weighted by atomic mass is 10.0. The number of hydrogen-bond donors (Lipinski definition) is 3. The fourth-order valence-electron chi connectivity index (χ4n) is 9.32. The summed E-state index contributed by atoms with van der Waals surface area (Å²) >= 11 is 0. The molecular weight excluding hydrogens is 779 g/mol. The third kappa shape index (κ3) is 47.2. The Kier molecular flexibility index (Phi) is 50.9. The smallest absolute Gasteiger partial charge is 0.306 e. The van der Waals surface area contributed by atoms with E-state index in [1.165, 1.54) is 244 Å². The van der Waals surface area contributed by atoms with Gasteiger partial charge in [0.1, 0.15) is 6.10 Å². The van der Waals surface area contributed by atoms with Crippen molar-refractivity contribution in [3.63, 3.8) is 0 Å². The highest BCUT2D eigenvalue weighted by molar-refractivity contribution is 5.77. The van der Waals surface area contributed by atoms with E-state index < -0.39 is 18.2 Å². The summed E-state index contributed by atoms with van der Waals surface area (Å²) in [4.78, 5) is 26.2. The molecule has 0 aromatic carbocycles. The van der Waals surface area contributed by atoms with Crippen molar-refractivity contribution in [2.75, 3.05) is 6.61 Å². The quantitative estimate of drug-likeness (QED) is 0.0418. The Bertz CT molecular complexity index is 913. The van der Waals surface area contributed by atoms with Crippen molar-refractivity contribution >= 4 is 11.9 Å². The Morgan fingerprint density at radius 3 is 0.968 bits per heavy atom. The predicted molar refractivity (Wildman–Crippen MR) is 274 cm³/mol. The van der Waals surface area contributed by atoms with Gasteiger partial charge in [0.2, 0.25) is 5.91 Å². The van der Waals surface area contributed by atoms with Gasteiger partial charge in [-0.25, -0.2) is 0 Å². The SMILES string of the molecule is CCCCCCCCCCCCCCCCCCCC(CC(=O)NC(CO)C(O)CCCCCCCCCCCCC)OC(=O)CCCCCCCCCCCCCCCCCC. The average molecular weight is 893 g/mol. The molecule has 3 atom stereocenters. The molecule has 0 aliphatic heterocycles. The van der Waals surface area contributed by atoms with Gasteiger partial charge in [-0.1, -0.05) is 290 Å². The summed E-state index contributed by atoms with van der Waals surface area (Å²) in [5.74, 6) is -0.445. The fourth-order valence-corrected chi connectivity index (χ4v) is 9.32. The van der Waals surface area contributed by atoms with Crippen LogP contribution in [-0.2, 0) is 14.3 Å². The largest absolute Gasteiger partial charge is 0.462 e. The number of aliphatic hydroxyl groups is 2. The highest BCUT2D eigenvalue weighted by Gasteiger charge is 2.24. The van der Waals surface area contributed by atoms with E-state index >= 15 is 0 Å². The zero-order chi connectivity index (χ0) is 45.9. The second-order valence-corrected chi connectivity index (χ2v) is 20.1. The zero-order valence-electron chi connectivity index (χ0n) is 43.0. The van der Waals surface area contributed by atoms with Crippen molar-refractivity contribution in [2.24, 2.45) is 0 Å². The molecular formula is C57H113NO5. The number of rotatable bonds is 53. The lowest BCUT2D eigenvalue weighted by Gasteiger charge is -2.24. The van der Waals surface area contributed by atoms with Gasteiger partial charge in [0.25, 0.3) is 0 Å². The first-order valence-corrected chi connectivity index (χ1v) is 28.8. The maximum Gasteiger partial charge on any atom is 0.306 e. The zero-order valence-corrected chi connectivity index (χ0v) is 43.0. The number of esters is 1. The minimum absolute atomic E-state index is 0.0885. The predicted octanol–water partition coefficient (Wildman–Crippen LogP) is 17.5. The van der Waals surface area contributed by atoms with Crippen LogP contribution in [0.5, 0.6) is 0 Å². The van der Waals surface area contributed by atoms with Crippen LogP contribution in [0.3, 0.4) is 0 Å². The summed E-state index contributed by atoms with van der Waals surface area (Å²) in [5.41, 5.74) is 0. The molecule has 0 rings (SSSR count). The number of ether oxygens (including phenoxy) is 1. The van der Waals surface area contributed by atoms with Gasteiger partial charge in [0, 0.05) is 6.42 Å². The molecule has 0 aliphatic carbocycles. The van der Waals surface area contributed by atoms with Crippen molar-refractivity contribution < 1.29 is 24.5 Å². The molecule has 6 nitrogen and oxygen atoms in total. The van der Waals surface area contributed by atoms with E-state index in [2.05, 4.69) is 26.1 Å². The van der Waals surface area contributed by atoms with Crippen LogP contribution in [0.25, 0.3) is 0 Å². The van der Waals surface area contributed by atoms with Gasteiger partial charge in [-0.15, -0.1) is 0 Å². The lowest BCUT2D eigenvalue weighted by Crippen LogP contribution is -2.46. The van der Waals surface area contributed by atoms with E-state index in [4.69, 9.17) is 4.74 Å². The Balaban J connectivity index is 4.49. The topological polar surface area (TPSA) is 95.9 Å². The molecule has 3 N–H and O–H groups in total. The molecule has 63 heavy (non-hydrogen) atoms. The maximum absolute atomic E-state index is 13.2. The van der Waals surface area contributed by atoms with Crippen LogP contribution >= 0.6 is 0 Å². The summed E-state index contributed by atoms with van der Waals surface area (Å²) in [7, 11) is 0. The number of amides is 1. The molecule has 1 amide bonds. The van der Waals surface area contributed by atoms with E-state index in [9.17, 15) is 19.8 Å². The molecule has 3 unspecified atom stereocenters. The lowest BCUT2D eigenvalue weighted by molar-refractivity contribution is -0.151. The normalized spacial score (nSPS) is 13.0. The molecule has 0 aromatic rings. The second kappa shape index (κ2) is 51.8. The maximum atomic E-state index is 13.2. The molecule has 0 bridgehead atoms. The Morgan fingerprint density at radius 2 is 0.667 bits per heavy atom. The fraction of sp³-hybridized carbons (Fsp3) is 0.965. The highest BCUT2D eigenvalue weighted by Crippen LogP contribution is 2.19. The van der Waals surface area contributed by atoms with E-state index in [1.54, 1.807) is 0 Å². The van der Waals surface area contributed by atoms with Crippen LogP contribution in [0.4, 0.5) is 0 Å². The van der Waals surface area contributed by atoms with Gasteiger partial charge in [0.05, 0.1) is 25.2 Å². The van der Waals surface area contributed by atoms with Crippen LogP contribution in [0, 0.1) is 0 Å². The van der Waals surface area contributed by atoms with E-state index in [0.29, 0.717) is 19.3 Å². The summed E-state index contributed by atoms with van der Waals surface area (Å²) in [6, 6.07) is -0.692. The number of aliphatic hydroxyl groups excluding tert-OH is 2. The minimum Gasteiger partial charge on any atom is -0.462 e. The molecule has 6 heteroatoms. The first-order valence-electron chi connectivity index (χ1n) is 28.8. The molecule has 0 fully saturated rings. The second-order valence-electron chi connectivity index (χ2n) is 20.1. The van der Waals surface area contributed by atoms with Crippen molar-refractivity contribution in [2.45, 2.75) is 347 Å². The van der Waals surface area contributed by atoms with Crippen molar-refractivity contribution in [1.82, 2.24) is 5.32 Å². The van der Waals surface area contributed by atoms with Gasteiger partial charge in [0.15, 0.2) is 0 Å². The molecule has 0 aromatic heterocycles. The molecule has 0 aliphatic rings. The molecule has 0 radical (unpaired) electrons. The van der Waals surface area contributed by atoms with Crippen molar-refractivity contribution in [1.29, 1.82) is 0 Å². The van der Waals surface area contributed by atoms with Gasteiger partial charge < -0.3 is 20.3 Å². The number of unbranched alkanes of at least 4 members (excludes halogenated alkanes) is 41. The molecule has 0 saturated heterocycles. The minimum atomic E-state index is -0.779.